The van der Waals surface area contributed by atoms with Crippen molar-refractivity contribution in [1.82, 2.24) is 14.8 Å². The number of thioether (sulfide) groups is 1. The summed E-state index contributed by atoms with van der Waals surface area (Å²) >= 11 is 1.56. The molecule has 0 unspecified atom stereocenters. The zero-order valence-electron chi connectivity index (χ0n) is 20.2. The Morgan fingerprint density at radius 1 is 1.03 bits per heavy atom. The van der Waals surface area contributed by atoms with Crippen LogP contribution in [0, 0.1) is 13.8 Å². The Hall–Kier alpha value is -3.58. The maximum absolute atomic E-state index is 12.3. The molecule has 0 aliphatic rings. The van der Waals surface area contributed by atoms with Gasteiger partial charge in [0.1, 0.15) is 11.3 Å². The number of hydrogen-bond donors (Lipinski definition) is 0. The summed E-state index contributed by atoms with van der Waals surface area (Å²) in [5.74, 6) is 2.51. The number of fused-ring (bicyclic) bond motifs is 1. The standard InChI is InChI=1S/C28H27N3O3S/c1-17(2)23-14-24-21(13-26(32)34-25(24)12-18(23)3)16-35-28-30-29-27(22-10-11-33-19(22)4)31(28)15-20-8-6-5-7-9-20/h5-14,17H,15-16H2,1-4H3. The molecule has 7 heteroatoms. The van der Waals surface area contributed by atoms with Crippen LogP contribution in [-0.2, 0) is 12.3 Å². The van der Waals surface area contributed by atoms with E-state index in [4.69, 9.17) is 8.83 Å². The van der Waals surface area contributed by atoms with Crippen LogP contribution in [0.3, 0.4) is 0 Å². The van der Waals surface area contributed by atoms with Gasteiger partial charge in [-0.1, -0.05) is 55.9 Å². The SMILES string of the molecule is Cc1cc2oc(=O)cc(CSc3nnc(-c4ccoc4C)n3Cc3ccccc3)c2cc1C(C)C. The highest BCUT2D eigenvalue weighted by atomic mass is 32.2. The average Bonchev–Trinajstić information content (AvgIpc) is 3.42. The van der Waals surface area contributed by atoms with E-state index < -0.39 is 0 Å². The fourth-order valence-corrected chi connectivity index (χ4v) is 5.32. The van der Waals surface area contributed by atoms with Crippen LogP contribution in [0.25, 0.3) is 22.4 Å². The minimum Gasteiger partial charge on any atom is -0.469 e. The van der Waals surface area contributed by atoms with Crippen molar-refractivity contribution in [2.24, 2.45) is 0 Å². The van der Waals surface area contributed by atoms with Gasteiger partial charge >= 0.3 is 5.63 Å². The quantitative estimate of drug-likeness (QED) is 0.188. The van der Waals surface area contributed by atoms with E-state index in [2.05, 4.69) is 53.7 Å². The minimum atomic E-state index is -0.342. The Morgan fingerprint density at radius 3 is 2.54 bits per heavy atom. The fraction of sp³-hybridized carbons (Fsp3) is 0.250. The number of rotatable bonds is 7. The van der Waals surface area contributed by atoms with Gasteiger partial charge in [0, 0.05) is 17.2 Å². The molecule has 0 saturated carbocycles. The highest BCUT2D eigenvalue weighted by Crippen LogP contribution is 2.32. The first-order valence-electron chi connectivity index (χ1n) is 11.6. The summed E-state index contributed by atoms with van der Waals surface area (Å²) in [6, 6.07) is 17.9. The first-order valence-corrected chi connectivity index (χ1v) is 12.6. The zero-order chi connectivity index (χ0) is 24.5. The molecular formula is C28H27N3O3S. The largest absolute Gasteiger partial charge is 0.469 e. The van der Waals surface area contributed by atoms with E-state index in [-0.39, 0.29) is 5.63 Å². The van der Waals surface area contributed by atoms with Crippen LogP contribution >= 0.6 is 11.8 Å². The molecule has 0 aliphatic carbocycles. The van der Waals surface area contributed by atoms with Crippen LogP contribution in [0.4, 0.5) is 0 Å². The third kappa shape index (κ3) is 4.68. The molecule has 3 aromatic heterocycles. The molecule has 5 rings (SSSR count). The van der Waals surface area contributed by atoms with E-state index in [1.54, 1.807) is 24.1 Å². The molecule has 0 N–H and O–H groups in total. The number of aryl methyl sites for hydroxylation is 2. The summed E-state index contributed by atoms with van der Waals surface area (Å²) in [7, 11) is 0. The van der Waals surface area contributed by atoms with Gasteiger partial charge in [-0.2, -0.15) is 0 Å². The van der Waals surface area contributed by atoms with E-state index in [1.807, 2.05) is 37.3 Å². The van der Waals surface area contributed by atoms with Crippen molar-refractivity contribution in [3.8, 4) is 11.4 Å². The highest BCUT2D eigenvalue weighted by molar-refractivity contribution is 7.98. The predicted octanol–water partition coefficient (Wildman–Crippen LogP) is 6.73. The van der Waals surface area contributed by atoms with Crippen molar-refractivity contribution in [1.29, 1.82) is 0 Å². The van der Waals surface area contributed by atoms with Crippen molar-refractivity contribution in [2.75, 3.05) is 0 Å². The normalized spacial score (nSPS) is 11.6. The summed E-state index contributed by atoms with van der Waals surface area (Å²) in [5.41, 5.74) is 5.66. The highest BCUT2D eigenvalue weighted by Gasteiger charge is 2.19. The minimum absolute atomic E-state index is 0.342. The molecule has 0 bridgehead atoms. The summed E-state index contributed by atoms with van der Waals surface area (Å²) in [4.78, 5) is 12.3. The fourth-order valence-electron chi connectivity index (χ4n) is 4.40. The van der Waals surface area contributed by atoms with Crippen LogP contribution in [-0.4, -0.2) is 14.8 Å². The second-order valence-corrected chi connectivity index (χ2v) is 9.95. The zero-order valence-corrected chi connectivity index (χ0v) is 21.1. The van der Waals surface area contributed by atoms with Crippen LogP contribution in [0.5, 0.6) is 0 Å². The van der Waals surface area contributed by atoms with Gasteiger partial charge in [0.15, 0.2) is 11.0 Å². The molecule has 0 saturated heterocycles. The predicted molar refractivity (Wildman–Crippen MR) is 139 cm³/mol. The Balaban J connectivity index is 1.53. The molecule has 178 valence electrons. The molecule has 0 atom stereocenters. The maximum atomic E-state index is 12.3. The molecule has 0 radical (unpaired) electrons. The topological polar surface area (TPSA) is 74.1 Å². The van der Waals surface area contributed by atoms with Crippen LogP contribution in [0.2, 0.25) is 0 Å². The third-order valence-corrected chi connectivity index (χ3v) is 7.21. The number of nitrogens with zero attached hydrogens (tertiary/aromatic N) is 3. The van der Waals surface area contributed by atoms with Crippen LogP contribution in [0.15, 0.2) is 79.6 Å². The lowest BCUT2D eigenvalue weighted by Crippen LogP contribution is -2.05. The van der Waals surface area contributed by atoms with E-state index in [9.17, 15) is 4.79 Å². The summed E-state index contributed by atoms with van der Waals surface area (Å²) < 4.78 is 13.2. The Labute approximate surface area is 208 Å². The van der Waals surface area contributed by atoms with E-state index in [0.717, 1.165) is 44.4 Å². The van der Waals surface area contributed by atoms with Crippen LogP contribution in [0.1, 0.15) is 47.8 Å². The second kappa shape index (κ2) is 9.58. The number of hydrogen-bond acceptors (Lipinski definition) is 6. The van der Waals surface area contributed by atoms with Gasteiger partial charge in [-0.25, -0.2) is 4.79 Å². The molecule has 3 heterocycles. The molecule has 0 amide bonds. The van der Waals surface area contributed by atoms with Crippen LogP contribution < -0.4 is 5.63 Å². The lowest BCUT2D eigenvalue weighted by molar-refractivity contribution is 0.534. The van der Waals surface area contributed by atoms with E-state index in [1.165, 1.54) is 5.56 Å². The maximum Gasteiger partial charge on any atom is 0.336 e. The lowest BCUT2D eigenvalue weighted by Gasteiger charge is -2.13. The molecule has 6 nitrogen and oxygen atoms in total. The summed E-state index contributed by atoms with van der Waals surface area (Å²) in [6.45, 7) is 8.96. The molecule has 0 fully saturated rings. The van der Waals surface area contributed by atoms with Crippen molar-refractivity contribution >= 4 is 22.7 Å². The van der Waals surface area contributed by atoms with E-state index >= 15 is 0 Å². The van der Waals surface area contributed by atoms with Gasteiger partial charge < -0.3 is 8.83 Å². The number of furan rings is 1. The van der Waals surface area contributed by atoms with Gasteiger partial charge in [0.05, 0.1) is 18.4 Å². The summed E-state index contributed by atoms with van der Waals surface area (Å²) in [5, 5.41) is 10.8. The first kappa shape index (κ1) is 23.2. The van der Waals surface area contributed by atoms with Gasteiger partial charge in [0.25, 0.3) is 0 Å². The number of aromatic nitrogens is 3. The molecular weight excluding hydrogens is 458 g/mol. The smallest absolute Gasteiger partial charge is 0.336 e. The number of benzene rings is 2. The monoisotopic (exact) mass is 485 g/mol. The first-order chi connectivity index (χ1) is 16.9. The molecule has 0 spiro atoms. The Bertz CT molecular complexity index is 1550. The van der Waals surface area contributed by atoms with Crippen molar-refractivity contribution in [3.05, 3.63) is 99.3 Å². The Morgan fingerprint density at radius 2 is 1.83 bits per heavy atom. The molecule has 35 heavy (non-hydrogen) atoms. The molecule has 5 aromatic rings. The second-order valence-electron chi connectivity index (χ2n) is 9.01. The van der Waals surface area contributed by atoms with E-state index in [0.29, 0.717) is 23.8 Å². The van der Waals surface area contributed by atoms with Gasteiger partial charge in [-0.15, -0.1) is 10.2 Å². The third-order valence-electron chi connectivity index (χ3n) is 6.20. The van der Waals surface area contributed by atoms with Gasteiger partial charge in [-0.3, -0.25) is 4.57 Å². The Kier molecular flexibility index (Phi) is 6.34. The van der Waals surface area contributed by atoms with Crippen molar-refractivity contribution in [3.63, 3.8) is 0 Å². The molecule has 2 aromatic carbocycles. The van der Waals surface area contributed by atoms with Crippen molar-refractivity contribution in [2.45, 2.75) is 51.1 Å². The average molecular weight is 486 g/mol. The van der Waals surface area contributed by atoms with Crippen molar-refractivity contribution < 1.29 is 8.83 Å². The summed E-state index contributed by atoms with van der Waals surface area (Å²) in [6.07, 6.45) is 1.67. The van der Waals surface area contributed by atoms with Gasteiger partial charge in [0.2, 0.25) is 0 Å². The molecule has 0 aliphatic heterocycles. The lowest BCUT2D eigenvalue weighted by atomic mass is 9.95. The van der Waals surface area contributed by atoms with Gasteiger partial charge in [-0.05, 0) is 60.2 Å².